The Hall–Kier alpha value is -3.03. The molecular weight excluding hydrogens is 449 g/mol. The van der Waals surface area contributed by atoms with E-state index in [1.165, 1.54) is 12.1 Å². The van der Waals surface area contributed by atoms with Crippen molar-refractivity contribution in [3.63, 3.8) is 0 Å². The maximum Gasteiger partial charge on any atom is 0.211 e. The maximum absolute atomic E-state index is 13.4. The van der Waals surface area contributed by atoms with Gasteiger partial charge in [-0.05, 0) is 59.4 Å². The average molecular weight is 480 g/mol. The van der Waals surface area contributed by atoms with Crippen molar-refractivity contribution < 1.29 is 12.8 Å². The molecule has 0 aliphatic heterocycles. The highest BCUT2D eigenvalue weighted by Gasteiger charge is 2.33. The summed E-state index contributed by atoms with van der Waals surface area (Å²) < 4.78 is 42.7. The van der Waals surface area contributed by atoms with Crippen LogP contribution >= 0.6 is 0 Å². The van der Waals surface area contributed by atoms with Gasteiger partial charge in [0.1, 0.15) is 5.82 Å². The summed E-state index contributed by atoms with van der Waals surface area (Å²) in [5.74, 6) is -0.213. The summed E-state index contributed by atoms with van der Waals surface area (Å²) in [5, 5.41) is 5.49. The van der Waals surface area contributed by atoms with Crippen molar-refractivity contribution in [3.8, 4) is 5.69 Å². The van der Waals surface area contributed by atoms with Crippen molar-refractivity contribution in [1.29, 1.82) is 0 Å². The molecule has 0 spiro atoms. The summed E-state index contributed by atoms with van der Waals surface area (Å²) in [6, 6.07) is 22.6. The van der Waals surface area contributed by atoms with Gasteiger partial charge in [-0.3, -0.25) is 0 Å². The number of rotatable bonds is 9. The summed E-state index contributed by atoms with van der Waals surface area (Å²) in [6.07, 6.45) is 2.38. The molecule has 0 amide bonds. The van der Waals surface area contributed by atoms with Gasteiger partial charge >= 0.3 is 0 Å². The standard InChI is InChI=1S/C27H30FN3O2S/c1-4-16-34(32,33)30-19-27(2,3)26(20-8-6-5-7-9-20)21-10-15-25-22(17-21)18-29-31(25)24-13-11-23(28)12-14-24/h5-15,17-18,26,30H,4,16,19H2,1-3H3/t26-/m0/s1. The van der Waals surface area contributed by atoms with E-state index < -0.39 is 15.4 Å². The Morgan fingerprint density at radius 3 is 2.38 bits per heavy atom. The number of hydrogen-bond donors (Lipinski definition) is 1. The molecule has 0 fully saturated rings. The molecule has 34 heavy (non-hydrogen) atoms. The molecule has 1 aromatic heterocycles. The van der Waals surface area contributed by atoms with Crippen molar-refractivity contribution in [3.05, 3.63) is 95.9 Å². The second kappa shape index (κ2) is 9.68. The number of nitrogens with one attached hydrogen (secondary N) is 1. The first-order chi connectivity index (χ1) is 16.2. The first kappa shape index (κ1) is 24.1. The molecule has 7 heteroatoms. The fourth-order valence-corrected chi connectivity index (χ4v) is 5.77. The van der Waals surface area contributed by atoms with E-state index in [2.05, 4.69) is 47.9 Å². The molecule has 0 unspecified atom stereocenters. The molecule has 1 atom stereocenters. The van der Waals surface area contributed by atoms with Crippen molar-refractivity contribution in [2.75, 3.05) is 12.3 Å². The molecule has 0 aliphatic carbocycles. The van der Waals surface area contributed by atoms with Gasteiger partial charge in [-0.15, -0.1) is 0 Å². The lowest BCUT2D eigenvalue weighted by Gasteiger charge is -2.35. The Labute approximate surface area is 200 Å². The molecule has 5 nitrogen and oxygen atoms in total. The van der Waals surface area contributed by atoms with E-state index in [0.29, 0.717) is 13.0 Å². The molecule has 4 aromatic rings. The number of nitrogens with zero attached hydrogens (tertiary/aromatic N) is 2. The van der Waals surface area contributed by atoms with E-state index in [1.54, 1.807) is 23.0 Å². The molecule has 4 rings (SSSR count). The normalized spacial score (nSPS) is 13.3. The summed E-state index contributed by atoms with van der Waals surface area (Å²) >= 11 is 0. The van der Waals surface area contributed by atoms with Crippen LogP contribution in [0.15, 0.2) is 79.0 Å². The summed E-state index contributed by atoms with van der Waals surface area (Å²) in [6.45, 7) is 6.36. The summed E-state index contributed by atoms with van der Waals surface area (Å²) in [7, 11) is -3.32. The molecule has 178 valence electrons. The van der Waals surface area contributed by atoms with Crippen LogP contribution in [0.5, 0.6) is 0 Å². The van der Waals surface area contributed by atoms with Crippen LogP contribution in [0, 0.1) is 11.2 Å². The van der Waals surface area contributed by atoms with Gasteiger partial charge in [0, 0.05) is 17.8 Å². The predicted octanol–water partition coefficient (Wildman–Crippen LogP) is 5.65. The van der Waals surface area contributed by atoms with Gasteiger partial charge in [0.05, 0.1) is 23.2 Å². The van der Waals surface area contributed by atoms with Gasteiger partial charge < -0.3 is 0 Å². The number of fused-ring (bicyclic) bond motifs is 1. The van der Waals surface area contributed by atoms with Crippen LogP contribution in [0.1, 0.15) is 44.2 Å². The Morgan fingerprint density at radius 2 is 1.71 bits per heavy atom. The van der Waals surface area contributed by atoms with Crippen LogP contribution in [0.4, 0.5) is 4.39 Å². The monoisotopic (exact) mass is 479 g/mol. The Kier molecular flexibility index (Phi) is 6.86. The third kappa shape index (κ3) is 5.21. The fourth-order valence-electron chi connectivity index (χ4n) is 4.50. The number of halogens is 1. The van der Waals surface area contributed by atoms with Crippen LogP contribution in [0.25, 0.3) is 16.6 Å². The van der Waals surface area contributed by atoms with Crippen molar-refractivity contribution in [2.24, 2.45) is 5.41 Å². The van der Waals surface area contributed by atoms with E-state index in [0.717, 1.165) is 27.7 Å². The summed E-state index contributed by atoms with van der Waals surface area (Å²) in [5.41, 5.74) is 3.51. The van der Waals surface area contributed by atoms with Crippen LogP contribution in [0.2, 0.25) is 0 Å². The highest BCUT2D eigenvalue weighted by Crippen LogP contribution is 2.41. The molecule has 0 aliphatic rings. The highest BCUT2D eigenvalue weighted by molar-refractivity contribution is 7.89. The lowest BCUT2D eigenvalue weighted by Crippen LogP contribution is -2.39. The lowest BCUT2D eigenvalue weighted by molar-refractivity contribution is 0.317. The van der Waals surface area contributed by atoms with Crippen LogP contribution in [-0.4, -0.2) is 30.5 Å². The quantitative estimate of drug-likeness (QED) is 0.337. The molecule has 1 N–H and O–H groups in total. The smallest absolute Gasteiger partial charge is 0.211 e. The van der Waals surface area contributed by atoms with Crippen LogP contribution < -0.4 is 4.72 Å². The fraction of sp³-hybridized carbons (Fsp3) is 0.296. The second-order valence-electron chi connectivity index (χ2n) is 9.32. The molecule has 0 radical (unpaired) electrons. The van der Waals surface area contributed by atoms with Gasteiger partial charge in [-0.2, -0.15) is 5.10 Å². The lowest BCUT2D eigenvalue weighted by atomic mass is 9.71. The minimum absolute atomic E-state index is 0.0448. The van der Waals surface area contributed by atoms with E-state index in [9.17, 15) is 12.8 Å². The van der Waals surface area contributed by atoms with E-state index in [4.69, 9.17) is 0 Å². The van der Waals surface area contributed by atoms with Crippen molar-refractivity contribution >= 4 is 20.9 Å². The van der Waals surface area contributed by atoms with E-state index in [-0.39, 0.29) is 17.5 Å². The number of aromatic nitrogens is 2. The Morgan fingerprint density at radius 1 is 1.00 bits per heavy atom. The zero-order chi connectivity index (χ0) is 24.3. The minimum atomic E-state index is -3.32. The Balaban J connectivity index is 1.73. The van der Waals surface area contributed by atoms with Crippen molar-refractivity contribution in [2.45, 2.75) is 33.1 Å². The predicted molar refractivity (Wildman–Crippen MR) is 135 cm³/mol. The molecular formula is C27H30FN3O2S. The molecule has 0 bridgehead atoms. The third-order valence-corrected chi connectivity index (χ3v) is 7.66. The summed E-state index contributed by atoms with van der Waals surface area (Å²) in [4.78, 5) is 0. The van der Waals surface area contributed by atoms with Gasteiger partial charge in [-0.25, -0.2) is 22.2 Å². The first-order valence-electron chi connectivity index (χ1n) is 11.5. The largest absolute Gasteiger partial charge is 0.233 e. The third-order valence-electron chi connectivity index (χ3n) is 6.13. The SMILES string of the molecule is CCCS(=O)(=O)NCC(C)(C)[C@@H](c1ccccc1)c1ccc2c(cnn2-c2ccc(F)cc2)c1. The van der Waals surface area contributed by atoms with E-state index >= 15 is 0 Å². The zero-order valence-corrected chi connectivity index (χ0v) is 20.5. The number of hydrogen-bond acceptors (Lipinski definition) is 3. The van der Waals surface area contributed by atoms with Gasteiger partial charge in [0.15, 0.2) is 0 Å². The zero-order valence-electron chi connectivity index (χ0n) is 19.7. The van der Waals surface area contributed by atoms with Crippen molar-refractivity contribution in [1.82, 2.24) is 14.5 Å². The second-order valence-corrected chi connectivity index (χ2v) is 11.2. The average Bonchev–Trinajstić information content (AvgIpc) is 3.22. The molecule has 3 aromatic carbocycles. The van der Waals surface area contributed by atoms with Gasteiger partial charge in [0.2, 0.25) is 10.0 Å². The molecule has 0 saturated heterocycles. The maximum atomic E-state index is 13.4. The van der Waals surface area contributed by atoms with E-state index in [1.807, 2.05) is 31.2 Å². The van der Waals surface area contributed by atoms with Crippen LogP contribution in [0.3, 0.4) is 0 Å². The highest BCUT2D eigenvalue weighted by atomic mass is 32.2. The van der Waals surface area contributed by atoms with Gasteiger partial charge in [0.25, 0.3) is 0 Å². The topological polar surface area (TPSA) is 64.0 Å². The first-order valence-corrected chi connectivity index (χ1v) is 13.1. The van der Waals surface area contributed by atoms with Crippen LogP contribution in [-0.2, 0) is 10.0 Å². The van der Waals surface area contributed by atoms with Gasteiger partial charge in [-0.1, -0.05) is 57.2 Å². The molecule has 1 heterocycles. The number of sulfonamides is 1. The number of benzene rings is 3. The Bertz CT molecular complexity index is 1360. The minimum Gasteiger partial charge on any atom is -0.233 e. The molecule has 0 saturated carbocycles.